The summed E-state index contributed by atoms with van der Waals surface area (Å²) in [6, 6.07) is 14.8. The first-order chi connectivity index (χ1) is 11.2. The second kappa shape index (κ2) is 5.47. The van der Waals surface area contributed by atoms with Crippen molar-refractivity contribution >= 4 is 16.8 Å². The number of aromatic nitrogens is 1. The van der Waals surface area contributed by atoms with Crippen LogP contribution in [-0.4, -0.2) is 34.0 Å². The Labute approximate surface area is 134 Å². The van der Waals surface area contributed by atoms with Crippen molar-refractivity contribution in [1.29, 1.82) is 0 Å². The standard InChI is InChI=1S/C19H18N2O2/c22-14-6-7-17-16(12-14)15-8-10-21(11-9-18(15)20-17)19(23)13-4-2-1-3-5-13/h1-7,12,20,22H,8-11H2. The smallest absolute Gasteiger partial charge is 0.253 e. The highest BCUT2D eigenvalue weighted by Crippen LogP contribution is 2.28. The number of nitrogens with zero attached hydrogens (tertiary/aromatic N) is 1. The summed E-state index contributed by atoms with van der Waals surface area (Å²) in [5.41, 5.74) is 4.18. The molecule has 0 saturated heterocycles. The normalized spacial score (nSPS) is 14.5. The number of fused-ring (bicyclic) bond motifs is 3. The van der Waals surface area contributed by atoms with Gasteiger partial charge in [-0.2, -0.15) is 0 Å². The second-order valence-electron chi connectivity index (χ2n) is 5.97. The van der Waals surface area contributed by atoms with Crippen molar-refractivity contribution < 1.29 is 9.90 Å². The summed E-state index contributed by atoms with van der Waals surface area (Å²) >= 11 is 0. The third kappa shape index (κ3) is 2.46. The molecule has 2 aromatic carbocycles. The van der Waals surface area contributed by atoms with Crippen molar-refractivity contribution in [3.8, 4) is 5.75 Å². The number of hydrogen-bond donors (Lipinski definition) is 2. The number of nitrogens with one attached hydrogen (secondary N) is 1. The van der Waals surface area contributed by atoms with Gasteiger partial charge < -0.3 is 15.0 Å². The Morgan fingerprint density at radius 3 is 2.65 bits per heavy atom. The van der Waals surface area contributed by atoms with Gasteiger partial charge in [-0.25, -0.2) is 0 Å². The van der Waals surface area contributed by atoms with Gasteiger partial charge in [0, 0.05) is 41.7 Å². The number of hydrogen-bond acceptors (Lipinski definition) is 2. The molecule has 2 N–H and O–H groups in total. The minimum Gasteiger partial charge on any atom is -0.508 e. The Morgan fingerprint density at radius 1 is 1.04 bits per heavy atom. The van der Waals surface area contributed by atoms with Gasteiger partial charge in [0.2, 0.25) is 0 Å². The Morgan fingerprint density at radius 2 is 1.83 bits per heavy atom. The number of aromatic hydroxyl groups is 1. The molecular weight excluding hydrogens is 288 g/mol. The van der Waals surface area contributed by atoms with Crippen molar-refractivity contribution in [3.05, 3.63) is 65.4 Å². The molecular formula is C19H18N2O2. The molecule has 0 unspecified atom stereocenters. The van der Waals surface area contributed by atoms with Crippen molar-refractivity contribution in [2.24, 2.45) is 0 Å². The van der Waals surface area contributed by atoms with E-state index in [1.54, 1.807) is 12.1 Å². The number of carbonyl (C=O) groups is 1. The van der Waals surface area contributed by atoms with Crippen LogP contribution in [0.2, 0.25) is 0 Å². The molecule has 0 bridgehead atoms. The maximum atomic E-state index is 12.6. The molecule has 1 aromatic heterocycles. The maximum Gasteiger partial charge on any atom is 0.253 e. The van der Waals surface area contributed by atoms with E-state index in [-0.39, 0.29) is 11.7 Å². The fourth-order valence-electron chi connectivity index (χ4n) is 3.36. The van der Waals surface area contributed by atoms with E-state index in [0.717, 1.165) is 29.3 Å². The van der Waals surface area contributed by atoms with Gasteiger partial charge in [0.15, 0.2) is 0 Å². The van der Waals surface area contributed by atoms with Gasteiger partial charge in [0.05, 0.1) is 0 Å². The molecule has 0 atom stereocenters. The number of rotatable bonds is 1. The summed E-state index contributed by atoms with van der Waals surface area (Å²) in [7, 11) is 0. The highest BCUT2D eigenvalue weighted by atomic mass is 16.3. The largest absolute Gasteiger partial charge is 0.508 e. The van der Waals surface area contributed by atoms with Gasteiger partial charge in [-0.3, -0.25) is 4.79 Å². The van der Waals surface area contributed by atoms with Crippen LogP contribution in [0.1, 0.15) is 21.6 Å². The fraction of sp³-hybridized carbons (Fsp3) is 0.211. The number of benzene rings is 2. The molecule has 4 rings (SSSR count). The zero-order valence-electron chi connectivity index (χ0n) is 12.7. The predicted molar refractivity (Wildman–Crippen MR) is 89.7 cm³/mol. The highest BCUT2D eigenvalue weighted by molar-refractivity contribution is 5.94. The molecule has 1 aliphatic rings. The number of amides is 1. The maximum absolute atomic E-state index is 12.6. The Hall–Kier alpha value is -2.75. The average Bonchev–Trinajstić information content (AvgIpc) is 2.78. The molecule has 3 aromatic rings. The molecule has 2 heterocycles. The van der Waals surface area contributed by atoms with Crippen molar-refractivity contribution in [2.45, 2.75) is 12.8 Å². The quantitative estimate of drug-likeness (QED) is 0.726. The van der Waals surface area contributed by atoms with E-state index in [4.69, 9.17) is 0 Å². The van der Waals surface area contributed by atoms with Crippen LogP contribution in [0.4, 0.5) is 0 Å². The average molecular weight is 306 g/mol. The Balaban J connectivity index is 1.62. The van der Waals surface area contributed by atoms with Gasteiger partial charge in [-0.15, -0.1) is 0 Å². The van der Waals surface area contributed by atoms with E-state index in [1.165, 1.54) is 11.3 Å². The van der Waals surface area contributed by atoms with E-state index in [2.05, 4.69) is 4.98 Å². The monoisotopic (exact) mass is 306 g/mol. The summed E-state index contributed by atoms with van der Waals surface area (Å²) in [6.07, 6.45) is 1.61. The van der Waals surface area contributed by atoms with Gasteiger partial charge in [-0.05, 0) is 42.3 Å². The first-order valence-corrected chi connectivity index (χ1v) is 7.89. The SMILES string of the molecule is O=C(c1ccccc1)N1CCc2[nH]c3ccc(O)cc3c2CC1. The number of carbonyl (C=O) groups excluding carboxylic acids is 1. The van der Waals surface area contributed by atoms with Gasteiger partial charge in [-0.1, -0.05) is 18.2 Å². The van der Waals surface area contributed by atoms with E-state index < -0.39 is 0 Å². The number of phenols is 1. The van der Waals surface area contributed by atoms with Crippen molar-refractivity contribution in [3.63, 3.8) is 0 Å². The number of H-pyrrole nitrogens is 1. The molecule has 23 heavy (non-hydrogen) atoms. The lowest BCUT2D eigenvalue weighted by molar-refractivity contribution is 0.0763. The summed E-state index contributed by atoms with van der Waals surface area (Å²) in [6.45, 7) is 1.41. The lowest BCUT2D eigenvalue weighted by atomic mass is 10.1. The van der Waals surface area contributed by atoms with E-state index in [9.17, 15) is 9.90 Å². The second-order valence-corrected chi connectivity index (χ2v) is 5.97. The summed E-state index contributed by atoms with van der Waals surface area (Å²) < 4.78 is 0. The van der Waals surface area contributed by atoms with Crippen LogP contribution in [0.5, 0.6) is 5.75 Å². The van der Waals surface area contributed by atoms with Crippen molar-refractivity contribution in [1.82, 2.24) is 9.88 Å². The van der Waals surface area contributed by atoms with Gasteiger partial charge >= 0.3 is 0 Å². The van der Waals surface area contributed by atoms with Crippen LogP contribution in [-0.2, 0) is 12.8 Å². The van der Waals surface area contributed by atoms with Crippen LogP contribution in [0.3, 0.4) is 0 Å². The molecule has 116 valence electrons. The molecule has 0 radical (unpaired) electrons. The molecule has 0 aliphatic carbocycles. The predicted octanol–water partition coefficient (Wildman–Crippen LogP) is 3.11. The lowest BCUT2D eigenvalue weighted by Crippen LogP contribution is -2.33. The summed E-state index contributed by atoms with van der Waals surface area (Å²) in [5, 5.41) is 10.8. The van der Waals surface area contributed by atoms with Crippen LogP contribution >= 0.6 is 0 Å². The summed E-state index contributed by atoms with van der Waals surface area (Å²) in [5.74, 6) is 0.365. The first-order valence-electron chi connectivity index (χ1n) is 7.89. The molecule has 0 spiro atoms. The molecule has 1 amide bonds. The Bertz CT molecular complexity index is 868. The van der Waals surface area contributed by atoms with E-state index in [1.807, 2.05) is 41.3 Å². The molecule has 0 fully saturated rings. The van der Waals surface area contributed by atoms with Crippen molar-refractivity contribution in [2.75, 3.05) is 13.1 Å². The highest BCUT2D eigenvalue weighted by Gasteiger charge is 2.22. The minimum absolute atomic E-state index is 0.0860. The van der Waals surface area contributed by atoms with E-state index >= 15 is 0 Å². The van der Waals surface area contributed by atoms with Crippen LogP contribution in [0.15, 0.2) is 48.5 Å². The summed E-state index contributed by atoms with van der Waals surface area (Å²) in [4.78, 5) is 18.0. The van der Waals surface area contributed by atoms with Gasteiger partial charge in [0.25, 0.3) is 5.91 Å². The third-order valence-electron chi connectivity index (χ3n) is 4.55. The first kappa shape index (κ1) is 13.9. The molecule has 4 heteroatoms. The minimum atomic E-state index is 0.0860. The zero-order chi connectivity index (χ0) is 15.8. The van der Waals surface area contributed by atoms with Crippen LogP contribution < -0.4 is 0 Å². The third-order valence-corrected chi connectivity index (χ3v) is 4.55. The van der Waals surface area contributed by atoms with Crippen LogP contribution in [0.25, 0.3) is 10.9 Å². The van der Waals surface area contributed by atoms with E-state index in [0.29, 0.717) is 13.1 Å². The topological polar surface area (TPSA) is 56.3 Å². The molecule has 4 nitrogen and oxygen atoms in total. The molecule has 0 saturated carbocycles. The fourth-order valence-corrected chi connectivity index (χ4v) is 3.36. The van der Waals surface area contributed by atoms with Crippen LogP contribution in [0, 0.1) is 0 Å². The Kier molecular flexibility index (Phi) is 3.30. The number of phenolic OH excluding ortho intramolecular Hbond substituents is 1. The molecule has 1 aliphatic heterocycles. The zero-order valence-corrected chi connectivity index (χ0v) is 12.7. The number of aromatic amines is 1. The lowest BCUT2D eigenvalue weighted by Gasteiger charge is -2.20. The van der Waals surface area contributed by atoms with Gasteiger partial charge in [0.1, 0.15) is 5.75 Å².